The zero-order valence-corrected chi connectivity index (χ0v) is 6.81. The average molecular weight is 158 g/mol. The number of anilines is 1. The van der Waals surface area contributed by atoms with Crippen molar-refractivity contribution >= 4 is 17.6 Å². The number of thioether (sulfide) groups is 1. The van der Waals surface area contributed by atoms with Crippen LogP contribution in [0.2, 0.25) is 0 Å². The Morgan fingerprint density at radius 1 is 1.70 bits per heavy atom. The van der Waals surface area contributed by atoms with Crippen molar-refractivity contribution in [3.05, 3.63) is 6.20 Å². The van der Waals surface area contributed by atoms with Gasteiger partial charge in [-0.25, -0.2) is 4.98 Å². The van der Waals surface area contributed by atoms with Gasteiger partial charge in [0, 0.05) is 5.25 Å². The Bertz CT molecular complexity index is 209. The molecule has 0 fully saturated rings. The van der Waals surface area contributed by atoms with Gasteiger partial charge in [-0.15, -0.1) is 0 Å². The molecule has 1 aromatic rings. The van der Waals surface area contributed by atoms with Gasteiger partial charge in [0.25, 0.3) is 5.22 Å². The third-order valence-electron chi connectivity index (χ3n) is 0.839. The monoisotopic (exact) mass is 158 g/mol. The van der Waals surface area contributed by atoms with Crippen LogP contribution in [0.4, 0.5) is 5.88 Å². The van der Waals surface area contributed by atoms with Crippen molar-refractivity contribution in [2.24, 2.45) is 0 Å². The maximum absolute atomic E-state index is 5.31. The molecule has 1 heterocycles. The second-order valence-corrected chi connectivity index (χ2v) is 3.72. The van der Waals surface area contributed by atoms with Crippen LogP contribution in [0.5, 0.6) is 0 Å². The van der Waals surface area contributed by atoms with Crippen molar-refractivity contribution in [3.63, 3.8) is 0 Å². The van der Waals surface area contributed by atoms with E-state index in [-0.39, 0.29) is 0 Å². The minimum absolute atomic E-state index is 0.378. The lowest BCUT2D eigenvalue weighted by molar-refractivity contribution is 0.469. The van der Waals surface area contributed by atoms with Crippen molar-refractivity contribution in [1.29, 1.82) is 0 Å². The Kier molecular flexibility index (Phi) is 2.21. The van der Waals surface area contributed by atoms with E-state index in [4.69, 9.17) is 10.2 Å². The predicted molar refractivity (Wildman–Crippen MR) is 41.9 cm³/mol. The normalized spacial score (nSPS) is 10.7. The van der Waals surface area contributed by atoms with Crippen LogP contribution in [0, 0.1) is 0 Å². The van der Waals surface area contributed by atoms with Crippen LogP contribution in [-0.2, 0) is 0 Å². The number of aromatic nitrogens is 1. The molecule has 0 radical (unpaired) electrons. The van der Waals surface area contributed by atoms with Crippen molar-refractivity contribution in [2.75, 3.05) is 5.73 Å². The molecule has 0 unspecified atom stereocenters. The van der Waals surface area contributed by atoms with E-state index in [1.54, 1.807) is 11.8 Å². The van der Waals surface area contributed by atoms with Crippen LogP contribution in [0.25, 0.3) is 0 Å². The van der Waals surface area contributed by atoms with Crippen LogP contribution in [0.3, 0.4) is 0 Å². The van der Waals surface area contributed by atoms with E-state index >= 15 is 0 Å². The summed E-state index contributed by atoms with van der Waals surface area (Å²) in [6.45, 7) is 4.15. The lowest BCUT2D eigenvalue weighted by Crippen LogP contribution is -1.84. The van der Waals surface area contributed by atoms with Gasteiger partial charge in [-0.05, 0) is 0 Å². The summed E-state index contributed by atoms with van der Waals surface area (Å²) in [5, 5.41) is 1.13. The second kappa shape index (κ2) is 2.96. The Morgan fingerprint density at radius 3 is 2.80 bits per heavy atom. The van der Waals surface area contributed by atoms with Gasteiger partial charge in [0.1, 0.15) is 0 Å². The van der Waals surface area contributed by atoms with Crippen molar-refractivity contribution in [3.8, 4) is 0 Å². The minimum atomic E-state index is 0.378. The Hall–Kier alpha value is -0.640. The summed E-state index contributed by atoms with van der Waals surface area (Å²) >= 11 is 1.56. The summed E-state index contributed by atoms with van der Waals surface area (Å²) in [7, 11) is 0. The van der Waals surface area contributed by atoms with Gasteiger partial charge in [-0.1, -0.05) is 25.6 Å². The molecule has 4 heteroatoms. The van der Waals surface area contributed by atoms with Crippen molar-refractivity contribution in [1.82, 2.24) is 4.98 Å². The number of oxazole rings is 1. The highest BCUT2D eigenvalue weighted by Crippen LogP contribution is 2.22. The fourth-order valence-corrected chi connectivity index (χ4v) is 1.19. The fourth-order valence-electron chi connectivity index (χ4n) is 0.526. The summed E-state index contributed by atoms with van der Waals surface area (Å²) in [5.41, 5.74) is 5.31. The molecule has 2 N–H and O–H groups in total. The highest BCUT2D eigenvalue weighted by atomic mass is 32.2. The molecule has 0 aromatic carbocycles. The van der Waals surface area contributed by atoms with Gasteiger partial charge in [-0.3, -0.25) is 0 Å². The summed E-state index contributed by atoms with van der Waals surface area (Å²) in [6, 6.07) is 0. The molecule has 0 spiro atoms. The maximum atomic E-state index is 5.31. The predicted octanol–water partition coefficient (Wildman–Crippen LogP) is 1.76. The fraction of sp³-hybridized carbons (Fsp3) is 0.500. The van der Waals surface area contributed by atoms with E-state index in [2.05, 4.69) is 18.8 Å². The van der Waals surface area contributed by atoms with E-state index in [1.807, 2.05) is 0 Å². The first-order chi connectivity index (χ1) is 4.68. The molecule has 0 aliphatic heterocycles. The second-order valence-electron chi connectivity index (χ2n) is 2.20. The zero-order chi connectivity index (χ0) is 7.56. The summed E-state index contributed by atoms with van der Waals surface area (Å²) in [5.74, 6) is 0.378. The SMILES string of the molecule is CC(C)Sc1ncc(N)o1. The molecule has 0 saturated carbocycles. The summed E-state index contributed by atoms with van der Waals surface area (Å²) in [4.78, 5) is 3.93. The molecule has 0 aliphatic carbocycles. The number of hydrogen-bond acceptors (Lipinski definition) is 4. The number of rotatable bonds is 2. The van der Waals surface area contributed by atoms with Crippen LogP contribution < -0.4 is 5.73 Å². The quantitative estimate of drug-likeness (QED) is 0.666. The summed E-state index contributed by atoms with van der Waals surface area (Å²) in [6.07, 6.45) is 1.52. The third-order valence-corrected chi connectivity index (χ3v) is 1.70. The van der Waals surface area contributed by atoms with Gasteiger partial charge in [0.2, 0.25) is 5.88 Å². The molecule has 0 amide bonds. The lowest BCUT2D eigenvalue weighted by atomic mass is 10.6. The van der Waals surface area contributed by atoms with Crippen LogP contribution in [0.1, 0.15) is 13.8 Å². The molecule has 0 bridgehead atoms. The van der Waals surface area contributed by atoms with E-state index < -0.39 is 0 Å². The highest BCUT2D eigenvalue weighted by molar-refractivity contribution is 7.99. The molecule has 0 atom stereocenters. The minimum Gasteiger partial charge on any atom is -0.416 e. The van der Waals surface area contributed by atoms with E-state index in [9.17, 15) is 0 Å². The van der Waals surface area contributed by atoms with Gasteiger partial charge in [0.05, 0.1) is 6.20 Å². The first kappa shape index (κ1) is 7.47. The zero-order valence-electron chi connectivity index (χ0n) is 6.00. The van der Waals surface area contributed by atoms with Gasteiger partial charge in [0.15, 0.2) is 0 Å². The molecule has 0 saturated heterocycles. The largest absolute Gasteiger partial charge is 0.416 e. The molecule has 10 heavy (non-hydrogen) atoms. The van der Waals surface area contributed by atoms with Crippen molar-refractivity contribution in [2.45, 2.75) is 24.3 Å². The molecule has 1 aromatic heterocycles. The van der Waals surface area contributed by atoms with Gasteiger partial charge >= 0.3 is 0 Å². The topological polar surface area (TPSA) is 52.0 Å². The first-order valence-corrected chi connectivity index (χ1v) is 3.94. The van der Waals surface area contributed by atoms with E-state index in [0.717, 1.165) is 0 Å². The number of nitrogens with two attached hydrogens (primary N) is 1. The summed E-state index contributed by atoms with van der Waals surface area (Å²) < 4.78 is 5.02. The molecule has 56 valence electrons. The van der Waals surface area contributed by atoms with Gasteiger partial charge in [-0.2, -0.15) is 0 Å². The first-order valence-electron chi connectivity index (χ1n) is 3.06. The van der Waals surface area contributed by atoms with E-state index in [0.29, 0.717) is 16.4 Å². The third kappa shape index (κ3) is 1.95. The van der Waals surface area contributed by atoms with Gasteiger partial charge < -0.3 is 10.2 Å². The van der Waals surface area contributed by atoms with Crippen LogP contribution in [-0.4, -0.2) is 10.2 Å². The van der Waals surface area contributed by atoms with Crippen LogP contribution >= 0.6 is 11.8 Å². The molecular formula is C6H10N2OS. The molecule has 3 nitrogen and oxygen atoms in total. The van der Waals surface area contributed by atoms with Crippen LogP contribution in [0.15, 0.2) is 15.8 Å². The highest BCUT2D eigenvalue weighted by Gasteiger charge is 2.03. The van der Waals surface area contributed by atoms with E-state index in [1.165, 1.54) is 6.20 Å². The number of hydrogen-bond donors (Lipinski definition) is 1. The Labute approximate surface area is 64.0 Å². The lowest BCUT2D eigenvalue weighted by Gasteiger charge is -1.96. The standard InChI is InChI=1S/C6H10N2OS/c1-4(2)10-6-8-3-5(7)9-6/h3-4H,7H2,1-2H3. The smallest absolute Gasteiger partial charge is 0.257 e. The maximum Gasteiger partial charge on any atom is 0.257 e. The molecule has 1 rings (SSSR count). The molecule has 0 aliphatic rings. The van der Waals surface area contributed by atoms with Crippen molar-refractivity contribution < 1.29 is 4.42 Å². The Morgan fingerprint density at radius 2 is 2.40 bits per heavy atom. The number of nitrogens with zero attached hydrogens (tertiary/aromatic N) is 1. The average Bonchev–Trinajstić information content (AvgIpc) is 2.13. The Balaban J connectivity index is 2.58. The number of nitrogen functional groups attached to an aromatic ring is 1. The molecular weight excluding hydrogens is 148 g/mol.